The molecule has 1 aromatic heterocycles. The molecule has 0 saturated heterocycles. The van der Waals surface area contributed by atoms with Gasteiger partial charge in [-0.2, -0.15) is 5.10 Å². The molecular weight excluding hydrogens is 234 g/mol. The summed E-state index contributed by atoms with van der Waals surface area (Å²) >= 11 is 5.63. The van der Waals surface area contributed by atoms with Crippen molar-refractivity contribution in [3.63, 3.8) is 0 Å². The van der Waals surface area contributed by atoms with Gasteiger partial charge in [-0.05, 0) is 30.2 Å². The highest BCUT2D eigenvalue weighted by molar-refractivity contribution is 6.25. The van der Waals surface area contributed by atoms with Crippen LogP contribution in [-0.2, 0) is 6.54 Å². The van der Waals surface area contributed by atoms with Crippen LogP contribution in [0.4, 0.5) is 5.69 Å². The van der Waals surface area contributed by atoms with Crippen molar-refractivity contribution in [2.24, 2.45) is 0 Å². The molecule has 0 fully saturated rings. The van der Waals surface area contributed by atoms with Crippen LogP contribution in [0.5, 0.6) is 0 Å². The van der Waals surface area contributed by atoms with Crippen molar-refractivity contribution < 1.29 is 0 Å². The van der Waals surface area contributed by atoms with Crippen molar-refractivity contribution in [1.82, 2.24) is 9.78 Å². The van der Waals surface area contributed by atoms with Gasteiger partial charge in [0.05, 0.1) is 12.7 Å². The van der Waals surface area contributed by atoms with Gasteiger partial charge in [0.1, 0.15) is 0 Å². The van der Waals surface area contributed by atoms with E-state index in [1.807, 2.05) is 48.3 Å². The molecule has 0 aliphatic rings. The minimum Gasteiger partial charge on any atom is -0.399 e. The van der Waals surface area contributed by atoms with Crippen LogP contribution in [0.15, 0.2) is 47.8 Å². The van der Waals surface area contributed by atoms with E-state index in [2.05, 4.69) is 5.10 Å². The third kappa shape index (κ3) is 2.88. The van der Waals surface area contributed by atoms with Crippen molar-refractivity contribution in [2.45, 2.75) is 13.5 Å². The fraction of sp³-hybridized carbons (Fsp3) is 0.154. The van der Waals surface area contributed by atoms with Crippen LogP contribution in [0.2, 0.25) is 0 Å². The van der Waals surface area contributed by atoms with Gasteiger partial charge in [0.15, 0.2) is 0 Å². The van der Waals surface area contributed by atoms with Gasteiger partial charge in [-0.15, -0.1) is 0 Å². The maximum Gasteiger partial charge on any atom is 0.0628 e. The van der Waals surface area contributed by atoms with Crippen molar-refractivity contribution in [2.75, 3.05) is 5.73 Å². The van der Waals surface area contributed by atoms with Crippen LogP contribution in [0, 0.1) is 0 Å². The molecule has 0 aliphatic heterocycles. The SMILES string of the molecule is C/C(=C/Cl)Cn1cc(-c2ccc(N)cc2)cn1. The molecule has 1 aromatic carbocycles. The van der Waals surface area contributed by atoms with E-state index in [4.69, 9.17) is 17.3 Å². The lowest BCUT2D eigenvalue weighted by Gasteiger charge is -2.00. The van der Waals surface area contributed by atoms with E-state index in [1.165, 1.54) is 0 Å². The number of nitrogens with zero attached hydrogens (tertiary/aromatic N) is 2. The molecule has 0 saturated carbocycles. The number of hydrogen-bond donors (Lipinski definition) is 1. The first kappa shape index (κ1) is 11.7. The molecule has 2 rings (SSSR count). The van der Waals surface area contributed by atoms with Crippen LogP contribution >= 0.6 is 11.6 Å². The topological polar surface area (TPSA) is 43.8 Å². The van der Waals surface area contributed by atoms with Gasteiger partial charge in [0.25, 0.3) is 0 Å². The third-order valence-corrected chi connectivity index (χ3v) is 2.85. The summed E-state index contributed by atoms with van der Waals surface area (Å²) in [6, 6.07) is 7.75. The normalized spacial score (nSPS) is 11.8. The van der Waals surface area contributed by atoms with Gasteiger partial charge >= 0.3 is 0 Å². The predicted octanol–water partition coefficient (Wildman–Crippen LogP) is 3.27. The van der Waals surface area contributed by atoms with E-state index in [0.717, 1.165) is 22.4 Å². The summed E-state index contributed by atoms with van der Waals surface area (Å²) in [5, 5.41) is 4.29. The monoisotopic (exact) mass is 247 g/mol. The van der Waals surface area contributed by atoms with Crippen molar-refractivity contribution in [3.05, 3.63) is 47.8 Å². The summed E-state index contributed by atoms with van der Waals surface area (Å²) in [5.41, 5.74) is 11.2. The van der Waals surface area contributed by atoms with E-state index >= 15 is 0 Å². The second-order valence-corrected chi connectivity index (χ2v) is 4.22. The minimum absolute atomic E-state index is 0.707. The lowest BCUT2D eigenvalue weighted by atomic mass is 10.1. The van der Waals surface area contributed by atoms with Crippen molar-refractivity contribution >= 4 is 17.3 Å². The summed E-state index contributed by atoms with van der Waals surface area (Å²) in [4.78, 5) is 0. The number of hydrogen-bond acceptors (Lipinski definition) is 2. The fourth-order valence-corrected chi connectivity index (χ4v) is 1.63. The molecule has 88 valence electrons. The fourth-order valence-electron chi connectivity index (χ4n) is 1.56. The number of nitrogen functional groups attached to an aromatic ring is 1. The molecule has 4 heteroatoms. The maximum atomic E-state index is 5.65. The number of halogens is 1. The first-order valence-corrected chi connectivity index (χ1v) is 5.77. The zero-order valence-electron chi connectivity index (χ0n) is 9.60. The van der Waals surface area contributed by atoms with E-state index in [-0.39, 0.29) is 0 Å². The average molecular weight is 248 g/mol. The molecule has 1 heterocycles. The van der Waals surface area contributed by atoms with E-state index in [9.17, 15) is 0 Å². The third-order valence-electron chi connectivity index (χ3n) is 2.47. The molecule has 2 aromatic rings. The average Bonchev–Trinajstić information content (AvgIpc) is 2.78. The van der Waals surface area contributed by atoms with Crippen molar-refractivity contribution in [3.8, 4) is 11.1 Å². The van der Waals surface area contributed by atoms with Gasteiger partial charge in [0, 0.05) is 23.0 Å². The van der Waals surface area contributed by atoms with Crippen LogP contribution in [0.25, 0.3) is 11.1 Å². The molecule has 2 N–H and O–H groups in total. The first-order valence-electron chi connectivity index (χ1n) is 5.33. The Kier molecular flexibility index (Phi) is 3.49. The van der Waals surface area contributed by atoms with Crippen molar-refractivity contribution in [1.29, 1.82) is 0 Å². The number of allylic oxidation sites excluding steroid dienone is 1. The highest BCUT2D eigenvalue weighted by Crippen LogP contribution is 2.19. The smallest absolute Gasteiger partial charge is 0.0628 e. The highest BCUT2D eigenvalue weighted by Gasteiger charge is 2.01. The van der Waals surface area contributed by atoms with Gasteiger partial charge in [-0.1, -0.05) is 23.7 Å². The minimum atomic E-state index is 0.707. The Bertz CT molecular complexity index is 526. The molecule has 0 radical (unpaired) electrons. The quantitative estimate of drug-likeness (QED) is 0.846. The summed E-state index contributed by atoms with van der Waals surface area (Å²) in [6.07, 6.45) is 3.84. The number of benzene rings is 1. The molecule has 0 atom stereocenters. The molecule has 0 spiro atoms. The zero-order chi connectivity index (χ0) is 12.3. The predicted molar refractivity (Wildman–Crippen MR) is 71.7 cm³/mol. The van der Waals surface area contributed by atoms with Gasteiger partial charge < -0.3 is 5.73 Å². The highest BCUT2D eigenvalue weighted by atomic mass is 35.5. The molecule has 17 heavy (non-hydrogen) atoms. The summed E-state index contributed by atoms with van der Waals surface area (Å²) in [5.74, 6) is 0. The van der Waals surface area contributed by atoms with E-state index < -0.39 is 0 Å². The molecule has 0 amide bonds. The van der Waals surface area contributed by atoms with E-state index in [0.29, 0.717) is 6.54 Å². The number of aromatic nitrogens is 2. The number of nitrogens with two attached hydrogens (primary N) is 1. The summed E-state index contributed by atoms with van der Waals surface area (Å²) in [6.45, 7) is 2.68. The number of anilines is 1. The molecule has 3 nitrogen and oxygen atoms in total. The second kappa shape index (κ2) is 5.06. The lowest BCUT2D eigenvalue weighted by molar-refractivity contribution is 0.678. The van der Waals surface area contributed by atoms with Crippen LogP contribution in [0.3, 0.4) is 0 Å². The number of rotatable bonds is 3. The van der Waals surface area contributed by atoms with Crippen LogP contribution in [-0.4, -0.2) is 9.78 Å². The Labute approximate surface area is 106 Å². The maximum absolute atomic E-state index is 5.65. The summed E-state index contributed by atoms with van der Waals surface area (Å²) in [7, 11) is 0. The Morgan fingerprint density at radius 1 is 1.35 bits per heavy atom. The lowest BCUT2D eigenvalue weighted by Crippen LogP contribution is -1.98. The van der Waals surface area contributed by atoms with Gasteiger partial charge in [0.2, 0.25) is 0 Å². The summed E-state index contributed by atoms with van der Waals surface area (Å²) < 4.78 is 1.86. The largest absolute Gasteiger partial charge is 0.399 e. The van der Waals surface area contributed by atoms with Gasteiger partial charge in [-0.25, -0.2) is 0 Å². The molecule has 0 unspecified atom stereocenters. The molecular formula is C13H14ClN3. The molecule has 0 aliphatic carbocycles. The Morgan fingerprint density at radius 2 is 2.06 bits per heavy atom. The van der Waals surface area contributed by atoms with Crippen LogP contribution < -0.4 is 5.73 Å². The van der Waals surface area contributed by atoms with E-state index in [1.54, 1.807) is 5.54 Å². The zero-order valence-corrected chi connectivity index (χ0v) is 10.4. The van der Waals surface area contributed by atoms with Gasteiger partial charge in [-0.3, -0.25) is 4.68 Å². The molecule has 0 bridgehead atoms. The second-order valence-electron chi connectivity index (χ2n) is 4.00. The first-order chi connectivity index (χ1) is 8.19. The Balaban J connectivity index is 2.21. The van der Waals surface area contributed by atoms with Crippen LogP contribution in [0.1, 0.15) is 6.92 Å². The Hall–Kier alpha value is -1.74. The Morgan fingerprint density at radius 3 is 2.71 bits per heavy atom. The standard InChI is InChI=1S/C13H14ClN3/c1-10(6-14)8-17-9-12(7-16-17)11-2-4-13(15)5-3-11/h2-7,9H,8,15H2,1H3/b10-6-.